The first-order valence-corrected chi connectivity index (χ1v) is 11.8. The third kappa shape index (κ3) is 5.72. The highest BCUT2D eigenvalue weighted by Crippen LogP contribution is 2.30. The monoisotopic (exact) mass is 476 g/mol. The zero-order valence-electron chi connectivity index (χ0n) is 19.5. The van der Waals surface area contributed by atoms with Crippen molar-refractivity contribution in [2.24, 2.45) is 0 Å². The zero-order valence-corrected chi connectivity index (χ0v) is 20.3. The average Bonchev–Trinajstić information content (AvgIpc) is 3.21. The van der Waals surface area contributed by atoms with Crippen molar-refractivity contribution >= 4 is 28.7 Å². The molecular weight excluding hydrogens is 448 g/mol. The van der Waals surface area contributed by atoms with Gasteiger partial charge in [0, 0.05) is 6.54 Å². The van der Waals surface area contributed by atoms with Gasteiger partial charge < -0.3 is 18.8 Å². The summed E-state index contributed by atoms with van der Waals surface area (Å²) in [5.74, 6) is 3.01. The molecule has 0 aliphatic heterocycles. The van der Waals surface area contributed by atoms with Gasteiger partial charge in [0.1, 0.15) is 18.2 Å². The summed E-state index contributed by atoms with van der Waals surface area (Å²) < 4.78 is 19.7. The maximum absolute atomic E-state index is 6.17. The molecule has 4 aromatic rings. The molecule has 0 atom stereocenters. The molecule has 0 saturated carbocycles. The van der Waals surface area contributed by atoms with Gasteiger partial charge in [0.15, 0.2) is 11.5 Å². The lowest BCUT2D eigenvalue weighted by Crippen LogP contribution is -2.09. The number of rotatable bonds is 11. The van der Waals surface area contributed by atoms with Gasteiger partial charge in [-0.15, -0.1) is 0 Å². The predicted octanol–water partition coefficient (Wildman–Crippen LogP) is 7.17. The number of benzene rings is 3. The smallest absolute Gasteiger partial charge is 0.161 e. The second-order valence-electron chi connectivity index (χ2n) is 7.85. The van der Waals surface area contributed by atoms with Crippen molar-refractivity contribution < 1.29 is 14.2 Å². The molecule has 1 aromatic heterocycles. The Kier molecular flexibility index (Phi) is 8.10. The van der Waals surface area contributed by atoms with Crippen LogP contribution >= 0.6 is 11.6 Å². The van der Waals surface area contributed by atoms with Crippen molar-refractivity contribution in [2.75, 3.05) is 13.7 Å². The quantitative estimate of drug-likeness (QED) is 0.215. The van der Waals surface area contributed by atoms with Crippen molar-refractivity contribution in [1.82, 2.24) is 9.55 Å². The largest absolute Gasteiger partial charge is 0.493 e. The van der Waals surface area contributed by atoms with Gasteiger partial charge in [-0.3, -0.25) is 0 Å². The number of hydrogen-bond acceptors (Lipinski definition) is 4. The third-order valence-electron chi connectivity index (χ3n) is 5.51. The fourth-order valence-electron chi connectivity index (χ4n) is 3.84. The second kappa shape index (κ2) is 11.6. The van der Waals surface area contributed by atoms with E-state index in [9.17, 15) is 0 Å². The number of fused-ring (bicyclic) bond motifs is 1. The Balaban J connectivity index is 1.42. The molecule has 1 heterocycles. The predicted molar refractivity (Wildman–Crippen MR) is 138 cm³/mol. The number of ether oxygens (including phenoxy) is 3. The minimum Gasteiger partial charge on any atom is -0.493 e. The molecule has 4 rings (SSSR count). The van der Waals surface area contributed by atoms with Gasteiger partial charge in [-0.25, -0.2) is 4.98 Å². The highest BCUT2D eigenvalue weighted by Gasteiger charge is 2.13. The summed E-state index contributed by atoms with van der Waals surface area (Å²) in [7, 11) is 1.65. The highest BCUT2D eigenvalue weighted by molar-refractivity contribution is 6.32. The lowest BCUT2D eigenvalue weighted by molar-refractivity contribution is 0.270. The zero-order chi connectivity index (χ0) is 23.8. The molecule has 5 nitrogen and oxygen atoms in total. The van der Waals surface area contributed by atoms with E-state index in [1.54, 1.807) is 7.11 Å². The Bertz CT molecular complexity index is 1270. The van der Waals surface area contributed by atoms with E-state index in [2.05, 4.69) is 10.6 Å². The number of nitrogens with zero attached hydrogens (tertiary/aromatic N) is 2. The first kappa shape index (κ1) is 23.7. The summed E-state index contributed by atoms with van der Waals surface area (Å²) in [6.45, 7) is 3.77. The Labute approximate surface area is 205 Å². The molecule has 0 radical (unpaired) electrons. The number of methoxy groups -OCH3 is 1. The van der Waals surface area contributed by atoms with Gasteiger partial charge in [-0.2, -0.15) is 0 Å². The Morgan fingerprint density at radius 3 is 2.56 bits per heavy atom. The van der Waals surface area contributed by atoms with E-state index in [4.69, 9.17) is 30.8 Å². The van der Waals surface area contributed by atoms with Crippen LogP contribution in [-0.4, -0.2) is 23.3 Å². The van der Waals surface area contributed by atoms with Crippen molar-refractivity contribution in [3.63, 3.8) is 0 Å². The SMILES string of the molecule is C/C=C\c1ccc(OCc2nc3ccccc3n2CCCCOc2ccccc2Cl)c(OC)c1. The van der Waals surface area contributed by atoms with E-state index in [1.165, 1.54) is 0 Å². The number of imidazole rings is 1. The number of aromatic nitrogens is 2. The molecular formula is C28H29ClN2O3. The first-order chi connectivity index (χ1) is 16.7. The molecule has 0 unspecified atom stereocenters. The van der Waals surface area contributed by atoms with Crippen LogP contribution in [0.4, 0.5) is 0 Å². The molecule has 0 spiro atoms. The van der Waals surface area contributed by atoms with Crippen molar-refractivity contribution in [3.05, 3.63) is 89.2 Å². The van der Waals surface area contributed by atoms with Crippen LogP contribution in [0, 0.1) is 0 Å². The number of halogens is 1. The van der Waals surface area contributed by atoms with E-state index >= 15 is 0 Å². The molecule has 3 aromatic carbocycles. The first-order valence-electron chi connectivity index (χ1n) is 11.4. The van der Waals surface area contributed by atoms with Crippen LogP contribution in [0.5, 0.6) is 17.2 Å². The van der Waals surface area contributed by atoms with Gasteiger partial charge in [0.05, 0.1) is 29.8 Å². The lowest BCUT2D eigenvalue weighted by atomic mass is 10.2. The van der Waals surface area contributed by atoms with E-state index in [0.29, 0.717) is 29.7 Å². The summed E-state index contributed by atoms with van der Waals surface area (Å²) in [5, 5.41) is 0.636. The van der Waals surface area contributed by atoms with Gasteiger partial charge in [-0.05, 0) is 61.7 Å². The molecule has 34 heavy (non-hydrogen) atoms. The summed E-state index contributed by atoms with van der Waals surface area (Å²) in [4.78, 5) is 4.83. The molecule has 0 aliphatic carbocycles. The number of hydrogen-bond donors (Lipinski definition) is 0. The number of unbranched alkanes of at least 4 members (excludes halogenated alkanes) is 1. The summed E-state index contributed by atoms with van der Waals surface area (Å²) in [6, 6.07) is 21.6. The minimum absolute atomic E-state index is 0.351. The summed E-state index contributed by atoms with van der Waals surface area (Å²) in [6.07, 6.45) is 5.87. The molecule has 0 fully saturated rings. The van der Waals surface area contributed by atoms with Crippen LogP contribution in [0.1, 0.15) is 31.2 Å². The van der Waals surface area contributed by atoms with E-state index in [0.717, 1.165) is 47.6 Å². The van der Waals surface area contributed by atoms with Crippen LogP contribution in [0.3, 0.4) is 0 Å². The van der Waals surface area contributed by atoms with Gasteiger partial charge in [0.25, 0.3) is 0 Å². The van der Waals surface area contributed by atoms with E-state index in [1.807, 2.05) is 79.7 Å². The Hall–Kier alpha value is -3.44. The maximum atomic E-state index is 6.17. The van der Waals surface area contributed by atoms with Crippen molar-refractivity contribution in [3.8, 4) is 17.2 Å². The van der Waals surface area contributed by atoms with Gasteiger partial charge >= 0.3 is 0 Å². The summed E-state index contributed by atoms with van der Waals surface area (Å²) >= 11 is 6.17. The van der Waals surface area contributed by atoms with E-state index in [-0.39, 0.29) is 0 Å². The fraction of sp³-hybridized carbons (Fsp3) is 0.250. The highest BCUT2D eigenvalue weighted by atomic mass is 35.5. The van der Waals surface area contributed by atoms with Crippen molar-refractivity contribution in [2.45, 2.75) is 32.9 Å². The molecule has 0 N–H and O–H groups in total. The fourth-order valence-corrected chi connectivity index (χ4v) is 4.03. The van der Waals surface area contributed by atoms with Gasteiger partial charge in [0.2, 0.25) is 0 Å². The number of allylic oxidation sites excluding steroid dienone is 1. The van der Waals surface area contributed by atoms with Crippen LogP contribution in [0.25, 0.3) is 17.1 Å². The van der Waals surface area contributed by atoms with Crippen LogP contribution in [0.2, 0.25) is 5.02 Å². The number of para-hydroxylation sites is 3. The Morgan fingerprint density at radius 2 is 1.74 bits per heavy atom. The van der Waals surface area contributed by atoms with Crippen LogP contribution in [-0.2, 0) is 13.2 Å². The Morgan fingerprint density at radius 1 is 0.912 bits per heavy atom. The molecule has 0 aliphatic rings. The molecule has 0 saturated heterocycles. The normalized spacial score (nSPS) is 11.3. The minimum atomic E-state index is 0.351. The molecule has 176 valence electrons. The standard InChI is InChI=1S/C28H29ClN2O3/c1-3-10-21-15-16-26(27(19-21)32-2)34-20-28-30-23-12-5-6-13-24(23)31(28)17-8-9-18-33-25-14-7-4-11-22(25)29/h3-7,10-16,19H,8-9,17-18,20H2,1-2H3/b10-3-. The number of aryl methyl sites for hydroxylation is 1. The van der Waals surface area contributed by atoms with Crippen LogP contribution < -0.4 is 14.2 Å². The van der Waals surface area contributed by atoms with Gasteiger partial charge in [-0.1, -0.05) is 54.1 Å². The third-order valence-corrected chi connectivity index (χ3v) is 5.82. The van der Waals surface area contributed by atoms with Crippen molar-refractivity contribution in [1.29, 1.82) is 0 Å². The molecule has 6 heteroatoms. The molecule has 0 amide bonds. The van der Waals surface area contributed by atoms with E-state index < -0.39 is 0 Å². The summed E-state index contributed by atoms with van der Waals surface area (Å²) in [5.41, 5.74) is 3.13. The maximum Gasteiger partial charge on any atom is 0.161 e. The second-order valence-corrected chi connectivity index (χ2v) is 8.26. The lowest BCUT2D eigenvalue weighted by Gasteiger charge is -2.13. The molecule has 0 bridgehead atoms. The topological polar surface area (TPSA) is 45.5 Å². The average molecular weight is 477 g/mol. The van der Waals surface area contributed by atoms with Crippen LogP contribution in [0.15, 0.2) is 72.8 Å².